The van der Waals surface area contributed by atoms with Crippen molar-refractivity contribution in [3.63, 3.8) is 0 Å². The minimum absolute atomic E-state index is 0.172. The van der Waals surface area contributed by atoms with E-state index in [-0.39, 0.29) is 24.2 Å². The van der Waals surface area contributed by atoms with E-state index in [0.717, 1.165) is 13.0 Å². The van der Waals surface area contributed by atoms with Gasteiger partial charge >= 0.3 is 0 Å². The quantitative estimate of drug-likeness (QED) is 0.756. The molecule has 0 aromatic carbocycles. The molecule has 0 spiro atoms. The van der Waals surface area contributed by atoms with E-state index < -0.39 is 0 Å². The van der Waals surface area contributed by atoms with Crippen molar-refractivity contribution in [2.45, 2.75) is 45.5 Å². The fourth-order valence-electron chi connectivity index (χ4n) is 3.02. The molecule has 0 aromatic rings. The molecule has 2 rings (SSSR count). The van der Waals surface area contributed by atoms with Gasteiger partial charge in [0.2, 0.25) is 0 Å². The van der Waals surface area contributed by atoms with Crippen molar-refractivity contribution in [3.05, 3.63) is 0 Å². The number of ether oxygens (including phenoxy) is 2. The second-order valence-electron chi connectivity index (χ2n) is 5.10. The Morgan fingerprint density at radius 2 is 1.93 bits per heavy atom. The largest absolute Gasteiger partial charge is 0.392 e. The molecule has 2 heterocycles. The van der Waals surface area contributed by atoms with Gasteiger partial charge in [-0.3, -0.25) is 0 Å². The van der Waals surface area contributed by atoms with Gasteiger partial charge in [-0.25, -0.2) is 0 Å². The van der Waals surface area contributed by atoms with Crippen molar-refractivity contribution in [2.24, 2.45) is 17.8 Å². The molecule has 2 aliphatic rings. The molecule has 0 aromatic heterocycles. The van der Waals surface area contributed by atoms with Crippen molar-refractivity contribution in [1.29, 1.82) is 0 Å². The van der Waals surface area contributed by atoms with Gasteiger partial charge in [-0.05, 0) is 26.2 Å². The van der Waals surface area contributed by atoms with E-state index in [2.05, 4.69) is 20.8 Å². The molecule has 2 fully saturated rings. The maximum absolute atomic E-state index is 10.3. The average molecular weight is 214 g/mol. The highest BCUT2D eigenvalue weighted by Crippen LogP contribution is 2.38. The summed E-state index contributed by atoms with van der Waals surface area (Å²) in [4.78, 5) is 0. The third-order valence-corrected chi connectivity index (χ3v) is 4.16. The summed E-state index contributed by atoms with van der Waals surface area (Å²) in [6.07, 6.45) is 1.17. The second-order valence-corrected chi connectivity index (χ2v) is 5.10. The first-order valence-corrected chi connectivity index (χ1v) is 6.02. The molecule has 0 saturated carbocycles. The standard InChI is InChI=1S/C12H22O3/c1-7-8(2)15-9(3)11(7)12(13)10-4-5-14-6-10/h7-13H,4-6H2,1-3H3. The molecule has 6 unspecified atom stereocenters. The van der Waals surface area contributed by atoms with Gasteiger partial charge in [-0.1, -0.05) is 6.92 Å². The van der Waals surface area contributed by atoms with Crippen LogP contribution in [0.3, 0.4) is 0 Å². The third-order valence-electron chi connectivity index (χ3n) is 4.16. The Morgan fingerprint density at radius 3 is 2.40 bits per heavy atom. The number of rotatable bonds is 2. The molecule has 0 radical (unpaired) electrons. The van der Waals surface area contributed by atoms with E-state index in [4.69, 9.17) is 9.47 Å². The molecule has 3 heteroatoms. The minimum atomic E-state index is -0.262. The van der Waals surface area contributed by atoms with Crippen LogP contribution in [0, 0.1) is 17.8 Å². The van der Waals surface area contributed by atoms with Crippen molar-refractivity contribution < 1.29 is 14.6 Å². The number of aliphatic hydroxyl groups excluding tert-OH is 1. The lowest BCUT2D eigenvalue weighted by Crippen LogP contribution is -2.36. The highest BCUT2D eigenvalue weighted by Gasteiger charge is 2.44. The molecule has 0 amide bonds. The highest BCUT2D eigenvalue weighted by atomic mass is 16.5. The summed E-state index contributed by atoms with van der Waals surface area (Å²) in [6, 6.07) is 0. The van der Waals surface area contributed by atoms with E-state index in [1.807, 2.05) is 0 Å². The molecule has 0 bridgehead atoms. The Hall–Kier alpha value is -0.120. The Labute approximate surface area is 91.8 Å². The maximum atomic E-state index is 10.3. The third kappa shape index (κ3) is 2.05. The SMILES string of the molecule is CC1OC(C)C(C(O)C2CCOC2)C1C. The van der Waals surface area contributed by atoms with Crippen molar-refractivity contribution in [3.8, 4) is 0 Å². The van der Waals surface area contributed by atoms with Crippen LogP contribution in [0.2, 0.25) is 0 Å². The zero-order chi connectivity index (χ0) is 11.0. The van der Waals surface area contributed by atoms with E-state index >= 15 is 0 Å². The Morgan fingerprint density at radius 1 is 1.20 bits per heavy atom. The van der Waals surface area contributed by atoms with Gasteiger partial charge in [0, 0.05) is 18.4 Å². The van der Waals surface area contributed by atoms with Crippen molar-refractivity contribution in [1.82, 2.24) is 0 Å². The van der Waals surface area contributed by atoms with Gasteiger partial charge in [0.1, 0.15) is 0 Å². The molecule has 88 valence electrons. The molecule has 1 N–H and O–H groups in total. The lowest BCUT2D eigenvalue weighted by Gasteiger charge is -2.28. The van der Waals surface area contributed by atoms with E-state index in [1.165, 1.54) is 0 Å². The van der Waals surface area contributed by atoms with Crippen LogP contribution in [0.4, 0.5) is 0 Å². The van der Waals surface area contributed by atoms with E-state index in [9.17, 15) is 5.11 Å². The first kappa shape index (κ1) is 11.4. The average Bonchev–Trinajstić information content (AvgIpc) is 2.76. The zero-order valence-corrected chi connectivity index (χ0v) is 9.85. The van der Waals surface area contributed by atoms with Gasteiger partial charge in [0.15, 0.2) is 0 Å². The molecule has 0 aliphatic carbocycles. The van der Waals surface area contributed by atoms with E-state index in [0.29, 0.717) is 18.4 Å². The summed E-state index contributed by atoms with van der Waals surface area (Å²) in [5, 5.41) is 10.3. The van der Waals surface area contributed by atoms with Crippen LogP contribution in [0.5, 0.6) is 0 Å². The first-order chi connectivity index (χ1) is 7.11. The van der Waals surface area contributed by atoms with Crippen LogP contribution >= 0.6 is 0 Å². The van der Waals surface area contributed by atoms with Gasteiger partial charge < -0.3 is 14.6 Å². The Bertz CT molecular complexity index is 213. The summed E-state index contributed by atoms with van der Waals surface area (Å²) in [5.74, 6) is 1.02. The van der Waals surface area contributed by atoms with Crippen LogP contribution in [0.1, 0.15) is 27.2 Å². The predicted octanol–water partition coefficient (Wildman–Crippen LogP) is 1.44. The van der Waals surface area contributed by atoms with Gasteiger partial charge in [-0.15, -0.1) is 0 Å². The van der Waals surface area contributed by atoms with Crippen LogP contribution in [-0.2, 0) is 9.47 Å². The fourth-order valence-corrected chi connectivity index (χ4v) is 3.02. The monoisotopic (exact) mass is 214 g/mol. The number of hydrogen-bond acceptors (Lipinski definition) is 3. The summed E-state index contributed by atoms with van der Waals surface area (Å²) < 4.78 is 11.1. The fraction of sp³-hybridized carbons (Fsp3) is 1.00. The van der Waals surface area contributed by atoms with Crippen molar-refractivity contribution >= 4 is 0 Å². The predicted molar refractivity (Wildman–Crippen MR) is 57.6 cm³/mol. The molecule has 2 saturated heterocycles. The smallest absolute Gasteiger partial charge is 0.0647 e. The van der Waals surface area contributed by atoms with Crippen LogP contribution < -0.4 is 0 Å². The topological polar surface area (TPSA) is 38.7 Å². The number of hydrogen-bond donors (Lipinski definition) is 1. The van der Waals surface area contributed by atoms with Crippen molar-refractivity contribution in [2.75, 3.05) is 13.2 Å². The van der Waals surface area contributed by atoms with E-state index in [1.54, 1.807) is 0 Å². The zero-order valence-electron chi connectivity index (χ0n) is 9.85. The number of aliphatic hydroxyl groups is 1. The molecule has 6 atom stereocenters. The summed E-state index contributed by atoms with van der Waals surface area (Å²) in [7, 11) is 0. The molecular weight excluding hydrogens is 192 g/mol. The van der Waals surface area contributed by atoms with Crippen LogP contribution in [0.15, 0.2) is 0 Å². The molecular formula is C12H22O3. The summed E-state index contributed by atoms with van der Waals surface area (Å²) in [6.45, 7) is 7.86. The van der Waals surface area contributed by atoms with Gasteiger partial charge in [-0.2, -0.15) is 0 Å². The minimum Gasteiger partial charge on any atom is -0.392 e. The maximum Gasteiger partial charge on any atom is 0.0647 e. The van der Waals surface area contributed by atoms with Crippen LogP contribution in [0.25, 0.3) is 0 Å². The lowest BCUT2D eigenvalue weighted by atomic mass is 9.79. The molecule has 2 aliphatic heterocycles. The molecule has 15 heavy (non-hydrogen) atoms. The highest BCUT2D eigenvalue weighted by molar-refractivity contribution is 4.91. The second kappa shape index (κ2) is 4.40. The Balaban J connectivity index is 2.02. The summed E-state index contributed by atoms with van der Waals surface area (Å²) >= 11 is 0. The summed E-state index contributed by atoms with van der Waals surface area (Å²) in [5.41, 5.74) is 0. The normalized spacial score (nSPS) is 48.4. The first-order valence-electron chi connectivity index (χ1n) is 6.02. The molecule has 3 nitrogen and oxygen atoms in total. The van der Waals surface area contributed by atoms with Crippen LogP contribution in [-0.4, -0.2) is 36.6 Å². The Kier molecular flexibility index (Phi) is 3.33. The van der Waals surface area contributed by atoms with Gasteiger partial charge in [0.05, 0.1) is 24.9 Å². The lowest BCUT2D eigenvalue weighted by molar-refractivity contribution is -0.00328. The van der Waals surface area contributed by atoms with Gasteiger partial charge in [0.25, 0.3) is 0 Å².